The van der Waals surface area contributed by atoms with Crippen molar-refractivity contribution in [3.8, 4) is 0 Å². The lowest BCUT2D eigenvalue weighted by atomic mass is 10.2. The Hall–Kier alpha value is -1.72. The summed E-state index contributed by atoms with van der Waals surface area (Å²) in [6.45, 7) is 6.81. The van der Waals surface area contributed by atoms with Crippen LogP contribution < -0.4 is 4.90 Å². The third kappa shape index (κ3) is 3.68. The number of nitrogens with zero attached hydrogens (tertiary/aromatic N) is 5. The van der Waals surface area contributed by atoms with Gasteiger partial charge in [0.15, 0.2) is 0 Å². The van der Waals surface area contributed by atoms with Crippen LogP contribution in [-0.4, -0.2) is 46.0 Å². The summed E-state index contributed by atoms with van der Waals surface area (Å²) >= 11 is 5.81. The fourth-order valence-electron chi connectivity index (χ4n) is 2.41. The molecule has 110 valence electrons. The number of halogens is 1. The maximum absolute atomic E-state index is 5.81. The molecule has 1 saturated heterocycles. The quantitative estimate of drug-likeness (QED) is 0.813. The van der Waals surface area contributed by atoms with Gasteiger partial charge >= 0.3 is 0 Å². The molecule has 0 atom stereocenters. The summed E-state index contributed by atoms with van der Waals surface area (Å²) in [5.74, 6) is 0.827. The van der Waals surface area contributed by atoms with E-state index in [0.717, 1.165) is 44.2 Å². The van der Waals surface area contributed by atoms with Gasteiger partial charge in [0.2, 0.25) is 5.95 Å². The van der Waals surface area contributed by atoms with Crippen molar-refractivity contribution in [2.45, 2.75) is 13.5 Å². The topological polar surface area (TPSA) is 45.2 Å². The molecule has 0 aromatic carbocycles. The van der Waals surface area contributed by atoms with Gasteiger partial charge in [-0.05, 0) is 24.1 Å². The standard InChI is InChI=1S/C15H18ClN5/c1-12-8-18-15(19-9-12)21-6-4-20(5-7-21)11-13-2-3-14(16)17-10-13/h2-3,8-10H,4-7,11H2,1H3. The molecule has 0 bridgehead atoms. The SMILES string of the molecule is Cc1cnc(N2CCN(Cc3ccc(Cl)nc3)CC2)nc1. The molecule has 0 N–H and O–H groups in total. The van der Waals surface area contributed by atoms with Gasteiger partial charge in [-0.3, -0.25) is 4.90 Å². The second-order valence-electron chi connectivity index (χ2n) is 5.31. The molecule has 1 fully saturated rings. The average Bonchev–Trinajstić information content (AvgIpc) is 2.51. The lowest BCUT2D eigenvalue weighted by Gasteiger charge is -2.34. The Morgan fingerprint density at radius 2 is 1.71 bits per heavy atom. The predicted molar refractivity (Wildman–Crippen MR) is 83.5 cm³/mol. The molecule has 1 aliphatic rings. The summed E-state index contributed by atoms with van der Waals surface area (Å²) in [6, 6.07) is 3.87. The first-order valence-electron chi connectivity index (χ1n) is 7.07. The van der Waals surface area contributed by atoms with Gasteiger partial charge in [0.25, 0.3) is 0 Å². The first-order chi connectivity index (χ1) is 10.2. The summed E-state index contributed by atoms with van der Waals surface area (Å²) in [5, 5.41) is 0.542. The van der Waals surface area contributed by atoms with Crippen LogP contribution in [0.15, 0.2) is 30.7 Å². The van der Waals surface area contributed by atoms with Crippen molar-refractivity contribution in [2.24, 2.45) is 0 Å². The van der Waals surface area contributed by atoms with Gasteiger partial charge in [-0.15, -0.1) is 0 Å². The zero-order valence-electron chi connectivity index (χ0n) is 12.0. The molecule has 0 spiro atoms. The number of hydrogen-bond acceptors (Lipinski definition) is 5. The van der Waals surface area contributed by atoms with E-state index in [0.29, 0.717) is 5.15 Å². The van der Waals surface area contributed by atoms with Crippen molar-refractivity contribution < 1.29 is 0 Å². The molecule has 0 aliphatic carbocycles. The summed E-state index contributed by atoms with van der Waals surface area (Å²) in [4.78, 5) is 17.6. The fourth-order valence-corrected chi connectivity index (χ4v) is 2.53. The molecular formula is C15H18ClN5. The van der Waals surface area contributed by atoms with E-state index in [2.05, 4.69) is 24.8 Å². The number of pyridine rings is 1. The molecular weight excluding hydrogens is 286 g/mol. The van der Waals surface area contributed by atoms with Gasteiger partial charge in [0.05, 0.1) is 0 Å². The van der Waals surface area contributed by atoms with E-state index in [-0.39, 0.29) is 0 Å². The number of aryl methyl sites for hydroxylation is 1. The van der Waals surface area contributed by atoms with E-state index >= 15 is 0 Å². The number of anilines is 1. The average molecular weight is 304 g/mol. The summed E-state index contributed by atoms with van der Waals surface area (Å²) in [6.07, 6.45) is 5.58. The van der Waals surface area contributed by atoms with Crippen LogP contribution in [0.2, 0.25) is 5.15 Å². The monoisotopic (exact) mass is 303 g/mol. The largest absolute Gasteiger partial charge is 0.338 e. The highest BCUT2D eigenvalue weighted by Gasteiger charge is 2.18. The van der Waals surface area contributed by atoms with Crippen molar-refractivity contribution in [2.75, 3.05) is 31.1 Å². The van der Waals surface area contributed by atoms with E-state index < -0.39 is 0 Å². The third-order valence-corrected chi connectivity index (χ3v) is 3.84. The number of rotatable bonds is 3. The molecule has 0 unspecified atom stereocenters. The maximum atomic E-state index is 5.81. The minimum absolute atomic E-state index is 0.542. The molecule has 21 heavy (non-hydrogen) atoms. The van der Waals surface area contributed by atoms with Crippen LogP contribution in [0.25, 0.3) is 0 Å². The number of hydrogen-bond donors (Lipinski definition) is 0. The molecule has 3 rings (SSSR count). The fraction of sp³-hybridized carbons (Fsp3) is 0.400. The maximum Gasteiger partial charge on any atom is 0.225 e. The predicted octanol–water partition coefficient (Wildman–Crippen LogP) is 2.16. The number of aromatic nitrogens is 3. The molecule has 6 heteroatoms. The van der Waals surface area contributed by atoms with Gasteiger partial charge in [0, 0.05) is 51.3 Å². The smallest absolute Gasteiger partial charge is 0.225 e. The minimum Gasteiger partial charge on any atom is -0.338 e. The Bertz CT molecular complexity index is 576. The Kier molecular flexibility index (Phi) is 4.31. The molecule has 0 saturated carbocycles. The lowest BCUT2D eigenvalue weighted by molar-refractivity contribution is 0.248. The Labute approximate surface area is 129 Å². The van der Waals surface area contributed by atoms with Crippen molar-refractivity contribution >= 4 is 17.5 Å². The molecule has 3 heterocycles. The molecule has 0 radical (unpaired) electrons. The molecule has 5 nitrogen and oxygen atoms in total. The Morgan fingerprint density at radius 1 is 1.00 bits per heavy atom. The molecule has 2 aromatic heterocycles. The van der Waals surface area contributed by atoms with Crippen LogP contribution in [0.3, 0.4) is 0 Å². The van der Waals surface area contributed by atoms with Gasteiger partial charge < -0.3 is 4.90 Å². The normalized spacial score (nSPS) is 16.2. The van der Waals surface area contributed by atoms with E-state index in [1.807, 2.05) is 37.6 Å². The Morgan fingerprint density at radius 3 is 2.33 bits per heavy atom. The first-order valence-corrected chi connectivity index (χ1v) is 7.45. The van der Waals surface area contributed by atoms with Crippen molar-refractivity contribution in [1.82, 2.24) is 19.9 Å². The van der Waals surface area contributed by atoms with Crippen LogP contribution in [0.1, 0.15) is 11.1 Å². The van der Waals surface area contributed by atoms with Crippen LogP contribution in [0, 0.1) is 6.92 Å². The van der Waals surface area contributed by atoms with E-state index in [9.17, 15) is 0 Å². The zero-order valence-corrected chi connectivity index (χ0v) is 12.8. The zero-order chi connectivity index (χ0) is 14.7. The van der Waals surface area contributed by atoms with Crippen LogP contribution in [0.4, 0.5) is 5.95 Å². The summed E-state index contributed by atoms with van der Waals surface area (Å²) < 4.78 is 0. The summed E-state index contributed by atoms with van der Waals surface area (Å²) in [5.41, 5.74) is 2.28. The van der Waals surface area contributed by atoms with Crippen molar-refractivity contribution in [3.63, 3.8) is 0 Å². The lowest BCUT2D eigenvalue weighted by Crippen LogP contribution is -2.46. The van der Waals surface area contributed by atoms with Crippen molar-refractivity contribution in [1.29, 1.82) is 0 Å². The molecule has 2 aromatic rings. The van der Waals surface area contributed by atoms with Crippen LogP contribution in [0.5, 0.6) is 0 Å². The molecule has 0 amide bonds. The second kappa shape index (κ2) is 6.37. The van der Waals surface area contributed by atoms with Gasteiger partial charge in [-0.2, -0.15) is 0 Å². The Balaban J connectivity index is 1.55. The highest BCUT2D eigenvalue weighted by molar-refractivity contribution is 6.29. The van der Waals surface area contributed by atoms with Gasteiger partial charge in [-0.1, -0.05) is 17.7 Å². The third-order valence-electron chi connectivity index (χ3n) is 3.62. The highest BCUT2D eigenvalue weighted by atomic mass is 35.5. The van der Waals surface area contributed by atoms with E-state index in [1.165, 1.54) is 5.56 Å². The second-order valence-corrected chi connectivity index (χ2v) is 5.70. The molecule has 1 aliphatic heterocycles. The first kappa shape index (κ1) is 14.2. The van der Waals surface area contributed by atoms with Crippen molar-refractivity contribution in [3.05, 3.63) is 47.0 Å². The highest BCUT2D eigenvalue weighted by Crippen LogP contribution is 2.13. The summed E-state index contributed by atoms with van der Waals surface area (Å²) in [7, 11) is 0. The minimum atomic E-state index is 0.542. The van der Waals surface area contributed by atoms with Crippen LogP contribution >= 0.6 is 11.6 Å². The van der Waals surface area contributed by atoms with Crippen LogP contribution in [-0.2, 0) is 6.54 Å². The van der Waals surface area contributed by atoms with Gasteiger partial charge in [-0.25, -0.2) is 15.0 Å². The number of piperazine rings is 1. The van der Waals surface area contributed by atoms with Gasteiger partial charge in [0.1, 0.15) is 5.15 Å². The van der Waals surface area contributed by atoms with E-state index in [1.54, 1.807) is 0 Å². The van der Waals surface area contributed by atoms with E-state index in [4.69, 9.17) is 11.6 Å².